The van der Waals surface area contributed by atoms with Crippen molar-refractivity contribution < 1.29 is 14.6 Å². The van der Waals surface area contributed by atoms with E-state index in [2.05, 4.69) is 4.90 Å². The number of aliphatic hydroxyl groups is 1. The maximum atomic E-state index is 10.9. The van der Waals surface area contributed by atoms with Crippen LogP contribution in [0.2, 0.25) is 0 Å². The van der Waals surface area contributed by atoms with Gasteiger partial charge >= 0.3 is 0 Å². The molecule has 0 spiro atoms. The van der Waals surface area contributed by atoms with Crippen molar-refractivity contribution in [2.24, 2.45) is 5.92 Å². The lowest BCUT2D eigenvalue weighted by Crippen LogP contribution is -2.49. The molecular formula is C18H27NO3. The number of hydrogen-bond acceptors (Lipinski definition) is 4. The third-order valence-electron chi connectivity index (χ3n) is 5.16. The van der Waals surface area contributed by atoms with Gasteiger partial charge in [-0.2, -0.15) is 0 Å². The van der Waals surface area contributed by atoms with Crippen molar-refractivity contribution in [3.8, 4) is 5.75 Å². The Morgan fingerprint density at radius 1 is 1.14 bits per heavy atom. The van der Waals surface area contributed by atoms with Crippen LogP contribution in [-0.4, -0.2) is 49.5 Å². The van der Waals surface area contributed by atoms with Gasteiger partial charge in [-0.25, -0.2) is 0 Å². The summed E-state index contributed by atoms with van der Waals surface area (Å²) in [6, 6.07) is 8.34. The number of nitrogens with zero attached hydrogens (tertiary/aromatic N) is 1. The highest BCUT2D eigenvalue weighted by Gasteiger charge is 2.35. The van der Waals surface area contributed by atoms with Gasteiger partial charge in [-0.05, 0) is 30.5 Å². The zero-order valence-electron chi connectivity index (χ0n) is 13.4. The smallest absolute Gasteiger partial charge is 0.118 e. The molecule has 22 heavy (non-hydrogen) atoms. The molecule has 0 radical (unpaired) electrons. The van der Waals surface area contributed by atoms with Crippen LogP contribution in [0.5, 0.6) is 5.75 Å². The first-order chi connectivity index (χ1) is 10.8. The number of methoxy groups -OCH3 is 1. The van der Waals surface area contributed by atoms with Gasteiger partial charge in [0.05, 0.1) is 26.4 Å². The van der Waals surface area contributed by atoms with Crippen LogP contribution in [0.25, 0.3) is 0 Å². The summed E-state index contributed by atoms with van der Waals surface area (Å²) in [6.07, 6.45) is 4.40. The Bertz CT molecular complexity index is 456. The van der Waals surface area contributed by atoms with Crippen molar-refractivity contribution in [2.45, 2.75) is 37.8 Å². The number of hydrogen-bond donors (Lipinski definition) is 1. The summed E-state index contributed by atoms with van der Waals surface area (Å²) in [7, 11) is 1.67. The predicted octanol–water partition coefficient (Wildman–Crippen LogP) is 2.62. The molecule has 0 amide bonds. The van der Waals surface area contributed by atoms with Crippen LogP contribution in [-0.2, 0) is 4.74 Å². The number of rotatable bonds is 4. The maximum absolute atomic E-state index is 10.9. The van der Waals surface area contributed by atoms with Crippen LogP contribution in [0.15, 0.2) is 24.3 Å². The van der Waals surface area contributed by atoms with E-state index in [1.807, 2.05) is 24.3 Å². The van der Waals surface area contributed by atoms with Gasteiger partial charge in [0.1, 0.15) is 5.75 Å². The molecule has 0 unspecified atom stereocenters. The molecule has 3 rings (SSSR count). The Morgan fingerprint density at radius 2 is 1.82 bits per heavy atom. The Hall–Kier alpha value is -1.10. The van der Waals surface area contributed by atoms with Crippen molar-refractivity contribution in [3.05, 3.63) is 29.8 Å². The quantitative estimate of drug-likeness (QED) is 0.928. The van der Waals surface area contributed by atoms with E-state index in [0.29, 0.717) is 12.0 Å². The minimum atomic E-state index is -0.390. The monoisotopic (exact) mass is 305 g/mol. The number of ether oxygens (including phenoxy) is 2. The molecule has 3 atom stereocenters. The van der Waals surface area contributed by atoms with Gasteiger partial charge in [0, 0.05) is 25.0 Å². The van der Waals surface area contributed by atoms with Crippen molar-refractivity contribution in [3.63, 3.8) is 0 Å². The first-order valence-corrected chi connectivity index (χ1v) is 8.43. The van der Waals surface area contributed by atoms with Gasteiger partial charge in [0.25, 0.3) is 0 Å². The molecule has 0 bridgehead atoms. The molecule has 2 fully saturated rings. The third kappa shape index (κ3) is 3.45. The zero-order valence-corrected chi connectivity index (χ0v) is 13.4. The highest BCUT2D eigenvalue weighted by atomic mass is 16.5. The molecule has 2 aliphatic rings. The zero-order chi connectivity index (χ0) is 15.4. The second-order valence-corrected chi connectivity index (χ2v) is 6.38. The second-order valence-electron chi connectivity index (χ2n) is 6.38. The molecular weight excluding hydrogens is 278 g/mol. The molecule has 1 saturated carbocycles. The fourth-order valence-electron chi connectivity index (χ4n) is 3.92. The van der Waals surface area contributed by atoms with Crippen molar-refractivity contribution in [2.75, 3.05) is 33.4 Å². The minimum absolute atomic E-state index is 0.320. The molecule has 1 N–H and O–H groups in total. The van der Waals surface area contributed by atoms with E-state index in [4.69, 9.17) is 9.47 Å². The maximum Gasteiger partial charge on any atom is 0.118 e. The minimum Gasteiger partial charge on any atom is -0.497 e. The van der Waals surface area contributed by atoms with Crippen LogP contribution in [0.1, 0.15) is 37.4 Å². The highest BCUT2D eigenvalue weighted by molar-refractivity contribution is 5.29. The van der Waals surface area contributed by atoms with Crippen molar-refractivity contribution in [1.29, 1.82) is 0 Å². The Morgan fingerprint density at radius 3 is 2.50 bits per heavy atom. The largest absolute Gasteiger partial charge is 0.497 e. The van der Waals surface area contributed by atoms with Gasteiger partial charge in [-0.15, -0.1) is 0 Å². The van der Waals surface area contributed by atoms with Gasteiger partial charge in [0.2, 0.25) is 0 Å². The summed E-state index contributed by atoms with van der Waals surface area (Å²) < 4.78 is 10.7. The van der Waals surface area contributed by atoms with Gasteiger partial charge < -0.3 is 14.6 Å². The van der Waals surface area contributed by atoms with Crippen LogP contribution in [0, 0.1) is 5.92 Å². The van der Waals surface area contributed by atoms with E-state index in [0.717, 1.165) is 44.0 Å². The average molecular weight is 305 g/mol. The molecule has 1 aliphatic heterocycles. The normalized spacial score (nSPS) is 28.3. The van der Waals surface area contributed by atoms with Crippen LogP contribution in [0.3, 0.4) is 0 Å². The lowest BCUT2D eigenvalue weighted by atomic mass is 9.78. The lowest BCUT2D eigenvalue weighted by molar-refractivity contribution is -0.0372. The summed E-state index contributed by atoms with van der Waals surface area (Å²) in [4.78, 5) is 2.53. The Balaban J connectivity index is 1.73. The Labute approximate surface area is 133 Å². The van der Waals surface area contributed by atoms with Gasteiger partial charge in [-0.3, -0.25) is 4.90 Å². The highest BCUT2D eigenvalue weighted by Crippen LogP contribution is 2.37. The Kier molecular flexibility index (Phi) is 5.34. The molecule has 1 aromatic rings. The summed E-state index contributed by atoms with van der Waals surface area (Å²) in [5.74, 6) is 1.16. The number of morpholine rings is 1. The predicted molar refractivity (Wildman–Crippen MR) is 86.1 cm³/mol. The number of benzene rings is 1. The molecule has 0 aromatic heterocycles. The van der Waals surface area contributed by atoms with E-state index in [-0.39, 0.29) is 6.10 Å². The summed E-state index contributed by atoms with van der Waals surface area (Å²) in [5, 5.41) is 10.9. The number of aliphatic hydroxyl groups excluding tert-OH is 1. The average Bonchev–Trinajstić information content (AvgIpc) is 2.62. The first kappa shape index (κ1) is 15.8. The van der Waals surface area contributed by atoms with Crippen molar-refractivity contribution >= 4 is 0 Å². The van der Waals surface area contributed by atoms with Crippen molar-refractivity contribution in [1.82, 2.24) is 4.90 Å². The molecule has 1 saturated heterocycles. The van der Waals surface area contributed by atoms with E-state index < -0.39 is 0 Å². The standard InChI is InChI=1S/C18H27NO3/c1-21-15-8-6-14(7-9-15)18(20)16-4-2-3-5-17(16)19-10-12-22-13-11-19/h6-9,16-18,20H,2-5,10-13H2,1H3/t16-,17+,18-/m0/s1. The molecule has 122 valence electrons. The van der Waals surface area contributed by atoms with E-state index in [1.165, 1.54) is 19.3 Å². The molecule has 1 heterocycles. The molecule has 1 aromatic carbocycles. The first-order valence-electron chi connectivity index (χ1n) is 8.43. The van der Waals surface area contributed by atoms with Gasteiger partial charge in [0.15, 0.2) is 0 Å². The van der Waals surface area contributed by atoms with Gasteiger partial charge in [-0.1, -0.05) is 25.0 Å². The van der Waals surface area contributed by atoms with E-state index >= 15 is 0 Å². The lowest BCUT2D eigenvalue weighted by Gasteiger charge is -2.43. The summed E-state index contributed by atoms with van der Waals surface area (Å²) in [6.45, 7) is 3.64. The molecule has 1 aliphatic carbocycles. The SMILES string of the molecule is COc1ccc([C@H](O)[C@H]2CCCC[C@H]2N2CCOCC2)cc1. The second kappa shape index (κ2) is 7.44. The van der Waals surface area contributed by atoms with E-state index in [9.17, 15) is 5.11 Å². The van der Waals surface area contributed by atoms with E-state index in [1.54, 1.807) is 7.11 Å². The fourth-order valence-corrected chi connectivity index (χ4v) is 3.92. The topological polar surface area (TPSA) is 41.9 Å². The third-order valence-corrected chi connectivity index (χ3v) is 5.16. The van der Waals surface area contributed by atoms with Crippen LogP contribution in [0.4, 0.5) is 0 Å². The van der Waals surface area contributed by atoms with Crippen LogP contribution >= 0.6 is 0 Å². The summed E-state index contributed by atoms with van der Waals surface area (Å²) in [5.41, 5.74) is 1.01. The molecule has 4 heteroatoms. The molecule has 4 nitrogen and oxygen atoms in total. The fraction of sp³-hybridized carbons (Fsp3) is 0.667. The summed E-state index contributed by atoms with van der Waals surface area (Å²) >= 11 is 0. The van der Waals surface area contributed by atoms with Crippen LogP contribution < -0.4 is 4.74 Å².